The van der Waals surface area contributed by atoms with Crippen molar-refractivity contribution in [1.29, 1.82) is 0 Å². The monoisotopic (exact) mass is 318 g/mol. The summed E-state index contributed by atoms with van der Waals surface area (Å²) in [7, 11) is 0. The summed E-state index contributed by atoms with van der Waals surface area (Å²) >= 11 is 0. The molecule has 1 aliphatic rings. The lowest BCUT2D eigenvalue weighted by molar-refractivity contribution is -0.122. The predicted octanol–water partition coefficient (Wildman–Crippen LogP) is 3.09. The second-order valence-corrected chi connectivity index (χ2v) is 5.97. The van der Waals surface area contributed by atoms with Crippen LogP contribution in [0.5, 0.6) is 0 Å². The van der Waals surface area contributed by atoms with E-state index >= 15 is 0 Å². The summed E-state index contributed by atoms with van der Waals surface area (Å²) in [5.41, 5.74) is 0.985. The summed E-state index contributed by atoms with van der Waals surface area (Å²) in [6.07, 6.45) is 3.85. The van der Waals surface area contributed by atoms with Gasteiger partial charge in [0.15, 0.2) is 0 Å². The van der Waals surface area contributed by atoms with Gasteiger partial charge in [-0.15, -0.1) is 0 Å². The molecule has 5 nitrogen and oxygen atoms in total. The zero-order valence-corrected chi connectivity index (χ0v) is 13.8. The molecule has 2 amide bonds. The molecule has 1 aromatic rings. The van der Waals surface area contributed by atoms with Crippen LogP contribution in [-0.4, -0.2) is 36.0 Å². The number of carbonyl (C=O) groups is 2. The van der Waals surface area contributed by atoms with Crippen LogP contribution in [0.15, 0.2) is 30.3 Å². The third kappa shape index (κ3) is 5.93. The molecule has 1 aromatic carbocycles. The van der Waals surface area contributed by atoms with Gasteiger partial charge < -0.3 is 15.0 Å². The number of hydrogen-bond acceptors (Lipinski definition) is 3. The smallest absolute Gasteiger partial charge is 0.410 e. The molecule has 0 saturated carbocycles. The fourth-order valence-corrected chi connectivity index (χ4v) is 2.65. The lowest BCUT2D eigenvalue weighted by Gasteiger charge is -2.31. The highest BCUT2D eigenvalue weighted by atomic mass is 16.6. The van der Waals surface area contributed by atoms with Crippen LogP contribution in [0.4, 0.5) is 4.79 Å². The standard InChI is InChI=1S/C18H26N2O3/c1-2-3-9-17(21)19-16-10-12-20(13-11-16)18(22)23-14-15-7-5-4-6-8-15/h4-8,16H,2-3,9-14H2,1H3,(H,19,21). The Morgan fingerprint density at radius 3 is 2.57 bits per heavy atom. The Hall–Kier alpha value is -2.04. The third-order valence-electron chi connectivity index (χ3n) is 4.08. The number of amides is 2. The van der Waals surface area contributed by atoms with Gasteiger partial charge in [0, 0.05) is 25.6 Å². The lowest BCUT2D eigenvalue weighted by atomic mass is 10.1. The molecule has 126 valence electrons. The van der Waals surface area contributed by atoms with Crippen LogP contribution in [-0.2, 0) is 16.1 Å². The van der Waals surface area contributed by atoms with E-state index < -0.39 is 0 Å². The van der Waals surface area contributed by atoms with Gasteiger partial charge in [-0.05, 0) is 24.8 Å². The van der Waals surface area contributed by atoms with Gasteiger partial charge in [-0.1, -0.05) is 43.7 Å². The summed E-state index contributed by atoms with van der Waals surface area (Å²) in [4.78, 5) is 25.5. The first-order valence-corrected chi connectivity index (χ1v) is 8.44. The Kier molecular flexibility index (Phi) is 6.91. The number of nitrogens with one attached hydrogen (secondary N) is 1. The van der Waals surface area contributed by atoms with Crippen LogP contribution < -0.4 is 5.32 Å². The maximum atomic E-state index is 12.1. The van der Waals surface area contributed by atoms with Crippen LogP contribution in [0.2, 0.25) is 0 Å². The summed E-state index contributed by atoms with van der Waals surface area (Å²) in [6, 6.07) is 9.84. The average molecular weight is 318 g/mol. The van der Waals surface area contributed by atoms with Gasteiger partial charge >= 0.3 is 6.09 Å². The molecule has 0 unspecified atom stereocenters. The molecule has 0 bridgehead atoms. The fraction of sp³-hybridized carbons (Fsp3) is 0.556. The van der Waals surface area contributed by atoms with E-state index in [1.807, 2.05) is 30.3 Å². The Balaban J connectivity index is 1.67. The first kappa shape index (κ1) is 17.3. The highest BCUT2D eigenvalue weighted by Crippen LogP contribution is 2.13. The molecule has 5 heteroatoms. The largest absolute Gasteiger partial charge is 0.445 e. The van der Waals surface area contributed by atoms with Crippen LogP contribution in [0.1, 0.15) is 44.6 Å². The molecule has 0 aliphatic carbocycles. The maximum Gasteiger partial charge on any atom is 0.410 e. The van der Waals surface area contributed by atoms with Crippen LogP contribution in [0.25, 0.3) is 0 Å². The van der Waals surface area contributed by atoms with Crippen molar-refractivity contribution in [2.24, 2.45) is 0 Å². The molecule has 0 atom stereocenters. The molecule has 1 heterocycles. The number of rotatable bonds is 6. The van der Waals surface area contributed by atoms with Gasteiger partial charge in [0.25, 0.3) is 0 Å². The summed E-state index contributed by atoms with van der Waals surface area (Å²) in [5, 5.41) is 3.05. The van der Waals surface area contributed by atoms with E-state index in [1.165, 1.54) is 0 Å². The SMILES string of the molecule is CCCCC(=O)NC1CCN(C(=O)OCc2ccccc2)CC1. The quantitative estimate of drug-likeness (QED) is 0.877. The molecule has 0 spiro atoms. The zero-order chi connectivity index (χ0) is 16.5. The van der Waals surface area contributed by atoms with Crippen molar-refractivity contribution in [1.82, 2.24) is 10.2 Å². The van der Waals surface area contributed by atoms with Crippen molar-refractivity contribution >= 4 is 12.0 Å². The molecule has 0 aromatic heterocycles. The van der Waals surface area contributed by atoms with Gasteiger partial charge in [0.1, 0.15) is 6.61 Å². The Morgan fingerprint density at radius 2 is 1.91 bits per heavy atom. The topological polar surface area (TPSA) is 58.6 Å². The fourth-order valence-electron chi connectivity index (χ4n) is 2.65. The molecule has 1 saturated heterocycles. The molecule has 23 heavy (non-hydrogen) atoms. The van der Waals surface area contributed by atoms with E-state index in [2.05, 4.69) is 12.2 Å². The minimum atomic E-state index is -0.274. The maximum absolute atomic E-state index is 12.1. The second-order valence-electron chi connectivity index (χ2n) is 5.97. The number of ether oxygens (including phenoxy) is 1. The highest BCUT2D eigenvalue weighted by Gasteiger charge is 2.24. The average Bonchev–Trinajstić information content (AvgIpc) is 2.59. The number of unbranched alkanes of at least 4 members (excludes halogenated alkanes) is 1. The highest BCUT2D eigenvalue weighted by molar-refractivity contribution is 5.76. The van der Waals surface area contributed by atoms with Crippen molar-refractivity contribution in [3.05, 3.63) is 35.9 Å². The van der Waals surface area contributed by atoms with E-state index in [9.17, 15) is 9.59 Å². The Labute approximate surface area is 138 Å². The van der Waals surface area contributed by atoms with Gasteiger partial charge in [-0.3, -0.25) is 4.79 Å². The van der Waals surface area contributed by atoms with Crippen molar-refractivity contribution in [3.63, 3.8) is 0 Å². The van der Waals surface area contributed by atoms with E-state index in [-0.39, 0.29) is 18.0 Å². The first-order chi connectivity index (χ1) is 11.2. The lowest BCUT2D eigenvalue weighted by Crippen LogP contribution is -2.46. The van der Waals surface area contributed by atoms with Gasteiger partial charge in [0.05, 0.1) is 0 Å². The molecular formula is C18H26N2O3. The second kappa shape index (κ2) is 9.18. The minimum absolute atomic E-state index is 0.122. The summed E-state index contributed by atoms with van der Waals surface area (Å²) in [6.45, 7) is 3.64. The first-order valence-electron chi connectivity index (χ1n) is 8.44. The van der Waals surface area contributed by atoms with E-state index in [0.717, 1.165) is 31.2 Å². The van der Waals surface area contributed by atoms with E-state index in [0.29, 0.717) is 26.1 Å². The number of benzene rings is 1. The number of nitrogens with zero attached hydrogens (tertiary/aromatic N) is 1. The van der Waals surface area contributed by atoms with Crippen molar-refractivity contribution in [3.8, 4) is 0 Å². The Morgan fingerprint density at radius 1 is 1.22 bits per heavy atom. The third-order valence-corrected chi connectivity index (χ3v) is 4.08. The molecule has 1 fully saturated rings. The van der Waals surface area contributed by atoms with Gasteiger partial charge in [0.2, 0.25) is 5.91 Å². The number of carbonyl (C=O) groups excluding carboxylic acids is 2. The molecule has 1 aliphatic heterocycles. The summed E-state index contributed by atoms with van der Waals surface area (Å²) < 4.78 is 5.34. The van der Waals surface area contributed by atoms with Crippen LogP contribution in [0, 0.1) is 0 Å². The normalized spacial score (nSPS) is 15.3. The van der Waals surface area contributed by atoms with Crippen molar-refractivity contribution in [2.75, 3.05) is 13.1 Å². The number of piperidine rings is 1. The molecule has 2 rings (SSSR count). The number of hydrogen-bond donors (Lipinski definition) is 1. The molecule has 1 N–H and O–H groups in total. The molecular weight excluding hydrogens is 292 g/mol. The van der Waals surface area contributed by atoms with Gasteiger partial charge in [-0.25, -0.2) is 4.79 Å². The minimum Gasteiger partial charge on any atom is -0.445 e. The van der Waals surface area contributed by atoms with E-state index in [1.54, 1.807) is 4.90 Å². The summed E-state index contributed by atoms with van der Waals surface area (Å²) in [5.74, 6) is 0.122. The van der Waals surface area contributed by atoms with Crippen LogP contribution in [0.3, 0.4) is 0 Å². The zero-order valence-electron chi connectivity index (χ0n) is 13.8. The van der Waals surface area contributed by atoms with Crippen LogP contribution >= 0.6 is 0 Å². The van der Waals surface area contributed by atoms with E-state index in [4.69, 9.17) is 4.74 Å². The van der Waals surface area contributed by atoms with Gasteiger partial charge in [-0.2, -0.15) is 0 Å². The number of likely N-dealkylation sites (tertiary alicyclic amines) is 1. The molecule has 0 radical (unpaired) electrons. The van der Waals surface area contributed by atoms with Crippen molar-refractivity contribution in [2.45, 2.75) is 51.7 Å². The predicted molar refractivity (Wildman–Crippen MR) is 88.9 cm³/mol. The Bertz CT molecular complexity index is 496. The van der Waals surface area contributed by atoms with Crippen molar-refractivity contribution < 1.29 is 14.3 Å².